The first-order chi connectivity index (χ1) is 12.5. The van der Waals surface area contributed by atoms with Gasteiger partial charge < -0.3 is 10.1 Å². The Balaban J connectivity index is 1.59. The van der Waals surface area contributed by atoms with E-state index < -0.39 is 0 Å². The van der Waals surface area contributed by atoms with Gasteiger partial charge in [-0.25, -0.2) is 4.68 Å². The van der Waals surface area contributed by atoms with Crippen LogP contribution in [0.15, 0.2) is 54.7 Å². The van der Waals surface area contributed by atoms with Crippen LogP contribution in [0.5, 0.6) is 5.75 Å². The van der Waals surface area contributed by atoms with E-state index in [1.165, 1.54) is 5.56 Å². The van der Waals surface area contributed by atoms with E-state index in [2.05, 4.69) is 47.7 Å². The average molecular weight is 349 g/mol. The fourth-order valence-electron chi connectivity index (χ4n) is 2.78. The van der Waals surface area contributed by atoms with Crippen molar-refractivity contribution in [2.24, 2.45) is 0 Å². The van der Waals surface area contributed by atoms with Crippen LogP contribution in [-0.4, -0.2) is 22.3 Å². The van der Waals surface area contributed by atoms with Crippen LogP contribution in [0.3, 0.4) is 0 Å². The van der Waals surface area contributed by atoms with Gasteiger partial charge in [-0.15, -0.1) is 0 Å². The van der Waals surface area contributed by atoms with Gasteiger partial charge in [0.2, 0.25) is 0 Å². The molecular formula is C21H23N3O2. The molecule has 3 aromatic rings. The van der Waals surface area contributed by atoms with Crippen LogP contribution in [0, 0.1) is 20.8 Å². The third-order valence-corrected chi connectivity index (χ3v) is 4.00. The average Bonchev–Trinajstić information content (AvgIpc) is 3.01. The van der Waals surface area contributed by atoms with Crippen molar-refractivity contribution in [3.63, 3.8) is 0 Å². The second-order valence-electron chi connectivity index (χ2n) is 6.52. The summed E-state index contributed by atoms with van der Waals surface area (Å²) in [5.74, 6) is 1.14. The lowest BCUT2D eigenvalue weighted by Crippen LogP contribution is -2.22. The minimum atomic E-state index is -0.213. The van der Waals surface area contributed by atoms with Crippen LogP contribution in [0.25, 0.3) is 0 Å². The molecule has 0 radical (unpaired) electrons. The molecular weight excluding hydrogens is 326 g/mol. The van der Waals surface area contributed by atoms with Crippen molar-refractivity contribution in [2.45, 2.75) is 27.3 Å². The molecule has 0 saturated carbocycles. The molecule has 0 aliphatic carbocycles. The Morgan fingerprint density at radius 2 is 1.69 bits per heavy atom. The minimum Gasteiger partial charge on any atom is -0.484 e. The number of nitrogens with zero attached hydrogens (tertiary/aromatic N) is 2. The predicted octanol–water partition coefficient (Wildman–Crippen LogP) is 3.87. The highest BCUT2D eigenvalue weighted by molar-refractivity contribution is 5.91. The fraction of sp³-hybridized carbons (Fsp3) is 0.238. The van der Waals surface area contributed by atoms with Crippen LogP contribution >= 0.6 is 0 Å². The van der Waals surface area contributed by atoms with E-state index in [1.807, 2.05) is 26.0 Å². The van der Waals surface area contributed by atoms with Crippen molar-refractivity contribution in [1.82, 2.24) is 9.78 Å². The second-order valence-corrected chi connectivity index (χ2v) is 6.52. The number of amides is 1. The molecule has 0 fully saturated rings. The van der Waals surface area contributed by atoms with Crippen molar-refractivity contribution in [3.8, 4) is 5.75 Å². The Kier molecular flexibility index (Phi) is 5.37. The summed E-state index contributed by atoms with van der Waals surface area (Å²) in [6.45, 7) is 6.62. The molecule has 26 heavy (non-hydrogen) atoms. The van der Waals surface area contributed by atoms with Crippen molar-refractivity contribution in [3.05, 3.63) is 77.0 Å². The summed E-state index contributed by atoms with van der Waals surface area (Å²) < 4.78 is 7.37. The molecule has 134 valence electrons. The van der Waals surface area contributed by atoms with Gasteiger partial charge in [0, 0.05) is 6.07 Å². The van der Waals surface area contributed by atoms with Crippen LogP contribution < -0.4 is 10.1 Å². The Bertz CT molecular complexity index is 878. The number of aryl methyl sites for hydroxylation is 3. The molecule has 2 aromatic carbocycles. The van der Waals surface area contributed by atoms with E-state index in [1.54, 1.807) is 16.9 Å². The van der Waals surface area contributed by atoms with E-state index in [0.717, 1.165) is 16.7 Å². The van der Waals surface area contributed by atoms with Gasteiger partial charge in [-0.2, -0.15) is 5.10 Å². The van der Waals surface area contributed by atoms with E-state index in [0.29, 0.717) is 18.1 Å². The van der Waals surface area contributed by atoms with Crippen LogP contribution in [0.2, 0.25) is 0 Å². The van der Waals surface area contributed by atoms with Gasteiger partial charge in [0.15, 0.2) is 6.61 Å². The van der Waals surface area contributed by atoms with E-state index >= 15 is 0 Å². The van der Waals surface area contributed by atoms with Gasteiger partial charge in [-0.05, 0) is 49.6 Å². The maximum atomic E-state index is 12.2. The summed E-state index contributed by atoms with van der Waals surface area (Å²) in [5, 5.41) is 7.15. The van der Waals surface area contributed by atoms with Gasteiger partial charge in [-0.3, -0.25) is 4.79 Å². The van der Waals surface area contributed by atoms with Crippen molar-refractivity contribution < 1.29 is 9.53 Å². The number of ether oxygens (including phenoxy) is 1. The molecule has 0 atom stereocenters. The third-order valence-electron chi connectivity index (χ3n) is 4.00. The lowest BCUT2D eigenvalue weighted by Gasteiger charge is -2.11. The highest BCUT2D eigenvalue weighted by Crippen LogP contribution is 2.16. The number of anilines is 1. The number of carbonyl (C=O) groups excluding carboxylic acids is 1. The number of carbonyl (C=O) groups is 1. The maximum Gasteiger partial charge on any atom is 0.263 e. The molecule has 3 rings (SSSR count). The molecule has 5 nitrogen and oxygen atoms in total. The lowest BCUT2D eigenvalue weighted by atomic mass is 10.1. The number of aromatic nitrogens is 2. The zero-order valence-electron chi connectivity index (χ0n) is 15.3. The summed E-state index contributed by atoms with van der Waals surface area (Å²) in [7, 11) is 0. The SMILES string of the molecule is Cc1ccc(Cn2nccc2NC(=O)COc2cc(C)cc(C)c2)cc1. The van der Waals surface area contributed by atoms with Gasteiger partial charge in [0.25, 0.3) is 5.91 Å². The smallest absolute Gasteiger partial charge is 0.263 e. The molecule has 5 heteroatoms. The van der Waals surface area contributed by atoms with E-state index in [-0.39, 0.29) is 12.5 Å². The van der Waals surface area contributed by atoms with Crippen molar-refractivity contribution >= 4 is 11.7 Å². The molecule has 0 bridgehead atoms. The number of benzene rings is 2. The summed E-state index contributed by atoms with van der Waals surface area (Å²) in [4.78, 5) is 12.2. The zero-order chi connectivity index (χ0) is 18.5. The summed E-state index contributed by atoms with van der Waals surface area (Å²) in [6, 6.07) is 15.9. The van der Waals surface area contributed by atoms with Crippen LogP contribution in [0.4, 0.5) is 5.82 Å². The topological polar surface area (TPSA) is 56.2 Å². The molecule has 1 amide bonds. The van der Waals surface area contributed by atoms with Crippen molar-refractivity contribution in [1.29, 1.82) is 0 Å². The Morgan fingerprint density at radius 1 is 1.00 bits per heavy atom. The molecule has 0 saturated heterocycles. The fourth-order valence-corrected chi connectivity index (χ4v) is 2.78. The number of rotatable bonds is 6. The largest absolute Gasteiger partial charge is 0.484 e. The number of hydrogen-bond donors (Lipinski definition) is 1. The molecule has 1 aromatic heterocycles. The molecule has 0 spiro atoms. The van der Waals surface area contributed by atoms with Gasteiger partial charge >= 0.3 is 0 Å². The Labute approximate surface area is 153 Å². The predicted molar refractivity (Wildman–Crippen MR) is 103 cm³/mol. The number of nitrogens with one attached hydrogen (secondary N) is 1. The molecule has 0 aliphatic rings. The monoisotopic (exact) mass is 349 g/mol. The van der Waals surface area contributed by atoms with Crippen LogP contribution in [-0.2, 0) is 11.3 Å². The molecule has 1 N–H and O–H groups in total. The van der Waals surface area contributed by atoms with Gasteiger partial charge in [-0.1, -0.05) is 35.9 Å². The van der Waals surface area contributed by atoms with E-state index in [9.17, 15) is 4.79 Å². The zero-order valence-corrected chi connectivity index (χ0v) is 15.3. The second kappa shape index (κ2) is 7.87. The first-order valence-electron chi connectivity index (χ1n) is 8.58. The number of hydrogen-bond acceptors (Lipinski definition) is 3. The quantitative estimate of drug-likeness (QED) is 0.735. The van der Waals surface area contributed by atoms with Crippen molar-refractivity contribution in [2.75, 3.05) is 11.9 Å². The summed E-state index contributed by atoms with van der Waals surface area (Å²) >= 11 is 0. The normalized spacial score (nSPS) is 10.6. The molecule has 0 aliphatic heterocycles. The first-order valence-corrected chi connectivity index (χ1v) is 8.58. The Hall–Kier alpha value is -3.08. The minimum absolute atomic E-state index is 0.0431. The highest BCUT2D eigenvalue weighted by atomic mass is 16.5. The summed E-state index contributed by atoms with van der Waals surface area (Å²) in [5.41, 5.74) is 4.56. The van der Waals surface area contributed by atoms with Gasteiger partial charge in [0.1, 0.15) is 11.6 Å². The first kappa shape index (κ1) is 17.7. The Morgan fingerprint density at radius 3 is 2.38 bits per heavy atom. The maximum absolute atomic E-state index is 12.2. The molecule has 1 heterocycles. The highest BCUT2D eigenvalue weighted by Gasteiger charge is 2.09. The molecule has 0 unspecified atom stereocenters. The van der Waals surface area contributed by atoms with E-state index in [4.69, 9.17) is 4.74 Å². The van der Waals surface area contributed by atoms with Gasteiger partial charge in [0.05, 0.1) is 12.7 Å². The standard InChI is InChI=1S/C21H23N3O2/c1-15-4-6-18(7-5-15)13-24-20(8-9-22-24)23-21(25)14-26-19-11-16(2)10-17(3)12-19/h4-12H,13-14H2,1-3H3,(H,23,25). The van der Waals surface area contributed by atoms with Crippen LogP contribution in [0.1, 0.15) is 22.3 Å². The third kappa shape index (κ3) is 4.72. The lowest BCUT2D eigenvalue weighted by molar-refractivity contribution is -0.118. The summed E-state index contributed by atoms with van der Waals surface area (Å²) in [6.07, 6.45) is 1.68.